The Morgan fingerprint density at radius 3 is 2.29 bits per heavy atom. The molecule has 2 heterocycles. The lowest BCUT2D eigenvalue weighted by atomic mass is 9.93. The van der Waals surface area contributed by atoms with Crippen molar-refractivity contribution in [3.8, 4) is 20.9 Å². The maximum absolute atomic E-state index is 11.1. The third kappa shape index (κ3) is 2.92. The zero-order valence-corrected chi connectivity index (χ0v) is 15.0. The van der Waals surface area contributed by atoms with Crippen molar-refractivity contribution in [3.63, 3.8) is 0 Å². The number of thiophene rings is 2. The maximum atomic E-state index is 11.1. The number of hydrogen-bond acceptors (Lipinski definition) is 4. The predicted octanol–water partition coefficient (Wildman–Crippen LogP) is 5.53. The van der Waals surface area contributed by atoms with E-state index in [1.807, 2.05) is 18.2 Å². The minimum atomic E-state index is -0.891. The fourth-order valence-corrected chi connectivity index (χ4v) is 4.67. The number of carboxylic acids is 1. The first kappa shape index (κ1) is 16.6. The van der Waals surface area contributed by atoms with E-state index >= 15 is 0 Å². The lowest BCUT2D eigenvalue weighted by Crippen LogP contribution is -1.94. The second kappa shape index (κ2) is 6.71. The Bertz CT molecular complexity index is 919. The van der Waals surface area contributed by atoms with Crippen LogP contribution in [-0.4, -0.2) is 17.4 Å². The van der Waals surface area contributed by atoms with Crippen molar-refractivity contribution in [2.45, 2.75) is 20.3 Å². The molecular weight excluding hydrogens is 340 g/mol. The normalized spacial score (nSPS) is 10.8. The van der Waals surface area contributed by atoms with Gasteiger partial charge in [-0.15, -0.1) is 22.7 Å². The van der Waals surface area contributed by atoms with Gasteiger partial charge in [0.25, 0.3) is 0 Å². The molecule has 122 valence electrons. The van der Waals surface area contributed by atoms with Crippen molar-refractivity contribution in [2.24, 2.45) is 0 Å². The molecule has 0 spiro atoms. The summed E-state index contributed by atoms with van der Waals surface area (Å²) in [5.41, 5.74) is 4.61. The molecule has 3 nitrogen and oxygen atoms in total. The van der Waals surface area contributed by atoms with Crippen LogP contribution in [-0.2, 0) is 6.42 Å². The molecule has 0 fully saturated rings. The number of aldehydes is 1. The summed E-state index contributed by atoms with van der Waals surface area (Å²) in [6, 6.07) is 11.5. The Balaban J connectivity index is 2.10. The number of hydrogen-bond donors (Lipinski definition) is 1. The van der Waals surface area contributed by atoms with Crippen molar-refractivity contribution in [3.05, 3.63) is 57.3 Å². The molecule has 0 saturated heterocycles. The third-order valence-electron chi connectivity index (χ3n) is 4.04. The van der Waals surface area contributed by atoms with Crippen LogP contribution >= 0.6 is 22.7 Å². The molecule has 0 atom stereocenters. The molecule has 0 aliphatic heterocycles. The molecule has 3 rings (SSSR count). The van der Waals surface area contributed by atoms with E-state index in [-0.39, 0.29) is 0 Å². The van der Waals surface area contributed by atoms with Crippen LogP contribution < -0.4 is 0 Å². The zero-order valence-electron chi connectivity index (χ0n) is 13.3. The topological polar surface area (TPSA) is 54.4 Å². The molecule has 0 aliphatic rings. The first-order valence-corrected chi connectivity index (χ1v) is 9.19. The monoisotopic (exact) mass is 356 g/mol. The minimum absolute atomic E-state index is 0.350. The molecule has 0 saturated carbocycles. The standard InChI is InChI=1S/C19H16O3S2/c1-3-13-11(2)14(16-7-4-12(10-20)23-16)5-6-15(13)17-8-9-18(24-17)19(21)22/h4-10H,3H2,1-2H3,(H,21,22). The molecule has 0 aliphatic carbocycles. The van der Waals surface area contributed by atoms with Gasteiger partial charge in [-0.3, -0.25) is 4.79 Å². The van der Waals surface area contributed by atoms with Crippen molar-refractivity contribution in [1.82, 2.24) is 0 Å². The van der Waals surface area contributed by atoms with Crippen LogP contribution in [0.1, 0.15) is 37.4 Å². The number of rotatable bonds is 5. The van der Waals surface area contributed by atoms with Gasteiger partial charge < -0.3 is 5.11 Å². The van der Waals surface area contributed by atoms with Crippen molar-refractivity contribution in [1.29, 1.82) is 0 Å². The summed E-state index contributed by atoms with van der Waals surface area (Å²) >= 11 is 2.78. The summed E-state index contributed by atoms with van der Waals surface area (Å²) in [5.74, 6) is -0.891. The Labute approximate surface area is 148 Å². The highest BCUT2D eigenvalue weighted by molar-refractivity contribution is 7.17. The van der Waals surface area contributed by atoms with Gasteiger partial charge in [0, 0.05) is 9.75 Å². The largest absolute Gasteiger partial charge is 0.477 e. The summed E-state index contributed by atoms with van der Waals surface area (Å²) in [5, 5.41) is 9.13. The van der Waals surface area contributed by atoms with Crippen LogP contribution in [0.15, 0.2) is 36.4 Å². The quantitative estimate of drug-likeness (QED) is 0.612. The number of carbonyl (C=O) groups is 2. The van der Waals surface area contributed by atoms with E-state index < -0.39 is 5.97 Å². The van der Waals surface area contributed by atoms with E-state index in [0.29, 0.717) is 4.88 Å². The highest BCUT2D eigenvalue weighted by atomic mass is 32.1. The molecule has 0 bridgehead atoms. The van der Waals surface area contributed by atoms with Gasteiger partial charge in [-0.1, -0.05) is 19.1 Å². The smallest absolute Gasteiger partial charge is 0.345 e. The van der Waals surface area contributed by atoms with E-state index in [0.717, 1.165) is 38.5 Å². The first-order valence-electron chi connectivity index (χ1n) is 7.56. The van der Waals surface area contributed by atoms with Gasteiger partial charge >= 0.3 is 5.97 Å². The summed E-state index contributed by atoms with van der Waals surface area (Å²) in [4.78, 5) is 25.2. The van der Waals surface area contributed by atoms with Crippen molar-refractivity contribution in [2.75, 3.05) is 0 Å². The van der Waals surface area contributed by atoms with E-state index in [1.165, 1.54) is 33.8 Å². The average molecular weight is 356 g/mol. The average Bonchev–Trinajstić information content (AvgIpc) is 3.23. The summed E-state index contributed by atoms with van der Waals surface area (Å²) < 4.78 is 0. The summed E-state index contributed by atoms with van der Waals surface area (Å²) in [6.07, 6.45) is 1.74. The highest BCUT2D eigenvalue weighted by Crippen LogP contribution is 2.38. The predicted molar refractivity (Wildman–Crippen MR) is 99.5 cm³/mol. The summed E-state index contributed by atoms with van der Waals surface area (Å²) in [7, 11) is 0. The summed E-state index contributed by atoms with van der Waals surface area (Å²) in [6.45, 7) is 4.19. The van der Waals surface area contributed by atoms with E-state index in [4.69, 9.17) is 5.11 Å². The molecule has 2 aromatic heterocycles. The molecule has 5 heteroatoms. The van der Waals surface area contributed by atoms with Gasteiger partial charge in [-0.2, -0.15) is 0 Å². The Morgan fingerprint density at radius 2 is 1.71 bits per heavy atom. The van der Waals surface area contributed by atoms with Crippen LogP contribution in [0.5, 0.6) is 0 Å². The SMILES string of the molecule is CCc1c(-c2ccc(C(=O)O)s2)ccc(-c2ccc(C=O)s2)c1C. The van der Waals surface area contributed by atoms with Gasteiger partial charge in [0.1, 0.15) is 4.88 Å². The van der Waals surface area contributed by atoms with Crippen molar-refractivity contribution >= 4 is 34.9 Å². The molecule has 24 heavy (non-hydrogen) atoms. The Morgan fingerprint density at radius 1 is 1.04 bits per heavy atom. The second-order valence-corrected chi connectivity index (χ2v) is 7.61. The lowest BCUT2D eigenvalue weighted by Gasteiger charge is -2.14. The lowest BCUT2D eigenvalue weighted by molar-refractivity contribution is 0.0702. The molecule has 0 amide bonds. The Kier molecular flexibility index (Phi) is 4.64. The van der Waals surface area contributed by atoms with Gasteiger partial charge in [0.2, 0.25) is 0 Å². The van der Waals surface area contributed by atoms with Crippen molar-refractivity contribution < 1.29 is 14.7 Å². The highest BCUT2D eigenvalue weighted by Gasteiger charge is 2.15. The van der Waals surface area contributed by atoms with E-state index in [1.54, 1.807) is 6.07 Å². The van der Waals surface area contributed by atoms with Crippen LogP contribution in [0.4, 0.5) is 0 Å². The maximum Gasteiger partial charge on any atom is 0.345 e. The number of carbonyl (C=O) groups excluding carboxylic acids is 1. The molecule has 0 radical (unpaired) electrons. The number of aromatic carboxylic acids is 1. The molecule has 3 aromatic rings. The molecule has 0 unspecified atom stereocenters. The van der Waals surface area contributed by atoms with Crippen LogP contribution in [0.2, 0.25) is 0 Å². The fourth-order valence-electron chi connectivity index (χ4n) is 2.87. The fraction of sp³-hybridized carbons (Fsp3) is 0.158. The van der Waals surface area contributed by atoms with Gasteiger partial charge in [0.15, 0.2) is 6.29 Å². The number of benzene rings is 1. The molecule has 1 N–H and O–H groups in total. The molecular formula is C19H16O3S2. The Hall–Kier alpha value is -2.24. The zero-order chi connectivity index (χ0) is 17.3. The van der Waals surface area contributed by atoms with Crippen LogP contribution in [0, 0.1) is 6.92 Å². The van der Waals surface area contributed by atoms with Gasteiger partial charge in [-0.05, 0) is 59.9 Å². The van der Waals surface area contributed by atoms with E-state index in [2.05, 4.69) is 26.0 Å². The van der Waals surface area contributed by atoms with Crippen LogP contribution in [0.25, 0.3) is 20.9 Å². The minimum Gasteiger partial charge on any atom is -0.477 e. The van der Waals surface area contributed by atoms with Gasteiger partial charge in [0.05, 0.1) is 4.88 Å². The van der Waals surface area contributed by atoms with E-state index in [9.17, 15) is 9.59 Å². The second-order valence-electron chi connectivity index (χ2n) is 5.41. The van der Waals surface area contributed by atoms with Crippen LogP contribution in [0.3, 0.4) is 0 Å². The third-order valence-corrected chi connectivity index (χ3v) is 6.19. The first-order chi connectivity index (χ1) is 11.5. The van der Waals surface area contributed by atoms with Gasteiger partial charge in [-0.25, -0.2) is 4.79 Å². The number of carboxylic acid groups (broad SMARTS) is 1. The molecule has 1 aromatic carbocycles.